The van der Waals surface area contributed by atoms with Gasteiger partial charge in [-0.1, -0.05) is 13.8 Å². The standard InChI is InChI=1S/C13H20BrN3O/c1-9(2)6-10(8-15)7-12(18)17-11-4-3-5-16-13(11)14/h3-5,9-10H,6-8,15H2,1-2H3,(H,17,18). The van der Waals surface area contributed by atoms with Gasteiger partial charge in [0.15, 0.2) is 0 Å². The maximum atomic E-state index is 11.9. The van der Waals surface area contributed by atoms with Crippen LogP contribution >= 0.6 is 15.9 Å². The summed E-state index contributed by atoms with van der Waals surface area (Å²) in [6, 6.07) is 3.60. The molecule has 0 fully saturated rings. The van der Waals surface area contributed by atoms with Gasteiger partial charge >= 0.3 is 0 Å². The minimum atomic E-state index is -0.0141. The molecular formula is C13H20BrN3O. The lowest BCUT2D eigenvalue weighted by atomic mass is 9.94. The fourth-order valence-electron chi connectivity index (χ4n) is 1.87. The SMILES string of the molecule is CC(C)CC(CN)CC(=O)Nc1cccnc1Br. The molecule has 1 rings (SSSR count). The summed E-state index contributed by atoms with van der Waals surface area (Å²) in [6.07, 6.45) is 3.09. The van der Waals surface area contributed by atoms with Crippen LogP contribution in [0.3, 0.4) is 0 Å². The minimum absolute atomic E-state index is 0.0141. The highest BCUT2D eigenvalue weighted by Gasteiger charge is 2.14. The van der Waals surface area contributed by atoms with Gasteiger partial charge in [0.25, 0.3) is 0 Å². The Hall–Kier alpha value is -0.940. The Morgan fingerprint density at radius 1 is 1.56 bits per heavy atom. The maximum absolute atomic E-state index is 11.9. The molecule has 1 amide bonds. The zero-order valence-corrected chi connectivity index (χ0v) is 12.4. The zero-order valence-electron chi connectivity index (χ0n) is 10.8. The minimum Gasteiger partial charge on any atom is -0.330 e. The molecule has 0 saturated carbocycles. The monoisotopic (exact) mass is 313 g/mol. The van der Waals surface area contributed by atoms with E-state index in [4.69, 9.17) is 5.73 Å². The fourth-order valence-corrected chi connectivity index (χ4v) is 2.22. The van der Waals surface area contributed by atoms with E-state index in [-0.39, 0.29) is 11.8 Å². The number of halogens is 1. The number of rotatable bonds is 6. The Kier molecular flexibility index (Phi) is 6.29. The Bertz CT molecular complexity index is 396. The number of hydrogen-bond acceptors (Lipinski definition) is 3. The number of carbonyl (C=O) groups excluding carboxylic acids is 1. The molecule has 0 bridgehead atoms. The summed E-state index contributed by atoms with van der Waals surface area (Å²) >= 11 is 3.30. The summed E-state index contributed by atoms with van der Waals surface area (Å²) in [4.78, 5) is 16.0. The lowest BCUT2D eigenvalue weighted by molar-refractivity contribution is -0.117. The molecule has 0 aliphatic heterocycles. The van der Waals surface area contributed by atoms with Gasteiger partial charge < -0.3 is 11.1 Å². The quantitative estimate of drug-likeness (QED) is 0.793. The van der Waals surface area contributed by atoms with Crippen LogP contribution in [0.1, 0.15) is 26.7 Å². The first kappa shape index (κ1) is 15.1. The van der Waals surface area contributed by atoms with Crippen LogP contribution in [0.5, 0.6) is 0 Å². The molecule has 0 aliphatic rings. The average Bonchev–Trinajstić information content (AvgIpc) is 2.30. The highest BCUT2D eigenvalue weighted by Crippen LogP contribution is 2.20. The van der Waals surface area contributed by atoms with Crippen molar-refractivity contribution >= 4 is 27.5 Å². The zero-order chi connectivity index (χ0) is 13.5. The van der Waals surface area contributed by atoms with Crippen molar-refractivity contribution in [2.24, 2.45) is 17.6 Å². The summed E-state index contributed by atoms with van der Waals surface area (Å²) in [5, 5.41) is 2.84. The number of nitrogens with one attached hydrogen (secondary N) is 1. The van der Waals surface area contributed by atoms with Crippen molar-refractivity contribution in [3.05, 3.63) is 22.9 Å². The number of nitrogens with zero attached hydrogens (tertiary/aromatic N) is 1. The van der Waals surface area contributed by atoms with Gasteiger partial charge in [-0.25, -0.2) is 4.98 Å². The van der Waals surface area contributed by atoms with E-state index in [1.807, 2.05) is 6.07 Å². The van der Waals surface area contributed by atoms with Crippen LogP contribution in [-0.2, 0) is 4.79 Å². The molecule has 4 nitrogen and oxygen atoms in total. The summed E-state index contributed by atoms with van der Waals surface area (Å²) in [5.41, 5.74) is 6.39. The second-order valence-electron chi connectivity index (χ2n) is 4.83. The molecule has 5 heteroatoms. The van der Waals surface area contributed by atoms with Crippen LogP contribution in [0, 0.1) is 11.8 Å². The maximum Gasteiger partial charge on any atom is 0.224 e. The first-order valence-electron chi connectivity index (χ1n) is 6.13. The van der Waals surface area contributed by atoms with Gasteiger partial charge in [-0.15, -0.1) is 0 Å². The van der Waals surface area contributed by atoms with Gasteiger partial charge in [0, 0.05) is 12.6 Å². The lowest BCUT2D eigenvalue weighted by Gasteiger charge is -2.16. The molecule has 0 saturated heterocycles. The first-order valence-corrected chi connectivity index (χ1v) is 6.92. The van der Waals surface area contributed by atoms with E-state index in [0.717, 1.165) is 6.42 Å². The van der Waals surface area contributed by atoms with E-state index < -0.39 is 0 Å². The summed E-state index contributed by atoms with van der Waals surface area (Å²) in [7, 11) is 0. The van der Waals surface area contributed by atoms with Crippen molar-refractivity contribution in [3.63, 3.8) is 0 Å². The van der Waals surface area contributed by atoms with Crippen LogP contribution < -0.4 is 11.1 Å². The molecule has 1 aromatic rings. The third-order valence-corrected chi connectivity index (χ3v) is 3.28. The van der Waals surface area contributed by atoms with E-state index in [2.05, 4.69) is 40.1 Å². The van der Waals surface area contributed by atoms with E-state index in [1.165, 1.54) is 0 Å². The van der Waals surface area contributed by atoms with E-state index in [0.29, 0.717) is 29.2 Å². The van der Waals surface area contributed by atoms with Crippen LogP contribution in [0.4, 0.5) is 5.69 Å². The average molecular weight is 314 g/mol. The molecule has 18 heavy (non-hydrogen) atoms. The second-order valence-corrected chi connectivity index (χ2v) is 5.58. The van der Waals surface area contributed by atoms with Crippen molar-refractivity contribution in [3.8, 4) is 0 Å². The molecule has 1 unspecified atom stereocenters. The smallest absolute Gasteiger partial charge is 0.224 e. The predicted octanol–water partition coefficient (Wildman–Crippen LogP) is 2.79. The Labute approximate surface area is 116 Å². The Morgan fingerprint density at radius 3 is 2.83 bits per heavy atom. The highest BCUT2D eigenvalue weighted by atomic mass is 79.9. The van der Waals surface area contributed by atoms with Crippen LogP contribution in [0.2, 0.25) is 0 Å². The number of carbonyl (C=O) groups is 1. The van der Waals surface area contributed by atoms with Crippen LogP contribution in [0.25, 0.3) is 0 Å². The van der Waals surface area contributed by atoms with E-state index >= 15 is 0 Å². The van der Waals surface area contributed by atoms with Gasteiger partial charge in [-0.3, -0.25) is 4.79 Å². The number of nitrogens with two attached hydrogens (primary N) is 1. The lowest BCUT2D eigenvalue weighted by Crippen LogP contribution is -2.23. The van der Waals surface area contributed by atoms with Crippen molar-refractivity contribution in [2.45, 2.75) is 26.7 Å². The van der Waals surface area contributed by atoms with E-state index in [1.54, 1.807) is 12.3 Å². The molecule has 0 aliphatic carbocycles. The molecular weight excluding hydrogens is 294 g/mol. The van der Waals surface area contributed by atoms with Gasteiger partial charge in [0.1, 0.15) is 4.60 Å². The predicted molar refractivity (Wildman–Crippen MR) is 77.2 cm³/mol. The van der Waals surface area contributed by atoms with Gasteiger partial charge in [0.2, 0.25) is 5.91 Å². The fraction of sp³-hybridized carbons (Fsp3) is 0.538. The number of aromatic nitrogens is 1. The molecule has 3 N–H and O–H groups in total. The second kappa shape index (κ2) is 7.48. The summed E-state index contributed by atoms with van der Waals surface area (Å²) in [6.45, 7) is 4.82. The van der Waals surface area contributed by atoms with Crippen molar-refractivity contribution in [1.82, 2.24) is 4.98 Å². The van der Waals surface area contributed by atoms with Gasteiger partial charge in [-0.2, -0.15) is 0 Å². The molecule has 100 valence electrons. The van der Waals surface area contributed by atoms with Gasteiger partial charge in [-0.05, 0) is 52.9 Å². The number of hydrogen-bond donors (Lipinski definition) is 2. The number of amides is 1. The van der Waals surface area contributed by atoms with Crippen LogP contribution in [0.15, 0.2) is 22.9 Å². The van der Waals surface area contributed by atoms with Crippen molar-refractivity contribution in [2.75, 3.05) is 11.9 Å². The summed E-state index contributed by atoms with van der Waals surface area (Å²) < 4.78 is 0.645. The molecule has 1 atom stereocenters. The Balaban J connectivity index is 2.53. The van der Waals surface area contributed by atoms with Crippen molar-refractivity contribution in [1.29, 1.82) is 0 Å². The Morgan fingerprint density at radius 2 is 2.28 bits per heavy atom. The molecule has 1 aromatic heterocycles. The first-order chi connectivity index (χ1) is 8.52. The molecule has 0 spiro atoms. The molecule has 0 radical (unpaired) electrons. The van der Waals surface area contributed by atoms with Crippen LogP contribution in [-0.4, -0.2) is 17.4 Å². The topological polar surface area (TPSA) is 68.0 Å². The normalized spacial score (nSPS) is 12.5. The molecule has 0 aromatic carbocycles. The third-order valence-electron chi connectivity index (χ3n) is 2.65. The van der Waals surface area contributed by atoms with E-state index in [9.17, 15) is 4.79 Å². The third kappa shape index (κ3) is 5.14. The van der Waals surface area contributed by atoms with Crippen molar-refractivity contribution < 1.29 is 4.79 Å². The number of pyridine rings is 1. The highest BCUT2D eigenvalue weighted by molar-refractivity contribution is 9.10. The summed E-state index contributed by atoms with van der Waals surface area (Å²) in [5.74, 6) is 0.775. The molecule has 1 heterocycles. The number of anilines is 1. The largest absolute Gasteiger partial charge is 0.330 e. The van der Waals surface area contributed by atoms with Gasteiger partial charge in [0.05, 0.1) is 5.69 Å².